The molecule has 0 atom stereocenters. The first-order chi connectivity index (χ1) is 10.6. The third-order valence-corrected chi connectivity index (χ3v) is 4.02. The molecule has 1 aromatic carbocycles. The van der Waals surface area contributed by atoms with Crippen LogP contribution in [-0.2, 0) is 0 Å². The molecule has 0 aliphatic heterocycles. The van der Waals surface area contributed by atoms with E-state index in [-0.39, 0.29) is 21.8 Å². The Balaban J connectivity index is 3.15. The Hall–Kier alpha value is -0.500. The van der Waals surface area contributed by atoms with Crippen molar-refractivity contribution in [3.8, 4) is 0 Å². The summed E-state index contributed by atoms with van der Waals surface area (Å²) in [5, 5.41) is 2.57. The van der Waals surface area contributed by atoms with Crippen LogP contribution in [0, 0.1) is 0 Å². The van der Waals surface area contributed by atoms with Crippen molar-refractivity contribution in [3.05, 3.63) is 29.8 Å². The summed E-state index contributed by atoms with van der Waals surface area (Å²) in [6, 6.07) is 5.27. The van der Waals surface area contributed by atoms with Crippen molar-refractivity contribution in [1.29, 1.82) is 0 Å². The molecule has 0 heterocycles. The first kappa shape index (κ1) is 20.5. The fourth-order valence-corrected chi connectivity index (χ4v) is 2.85. The van der Waals surface area contributed by atoms with E-state index in [0.717, 1.165) is 18.9 Å². The van der Waals surface area contributed by atoms with E-state index < -0.39 is 21.0 Å². The lowest BCUT2D eigenvalue weighted by Gasteiger charge is -2.29. The van der Waals surface area contributed by atoms with Gasteiger partial charge in [-0.25, -0.2) is 4.31 Å². The molecule has 3 nitrogen and oxygen atoms in total. The minimum atomic E-state index is -4.84. The molecule has 0 bridgehead atoms. The van der Waals surface area contributed by atoms with Crippen LogP contribution in [0.15, 0.2) is 24.3 Å². The number of amides is 1. The van der Waals surface area contributed by atoms with Gasteiger partial charge in [-0.05, 0) is 18.6 Å². The van der Waals surface area contributed by atoms with E-state index in [0.29, 0.717) is 6.54 Å². The predicted octanol–water partition coefficient (Wildman–Crippen LogP) is 5.52. The third-order valence-electron chi connectivity index (χ3n) is 2.61. The molecule has 1 N–H and O–H groups in total. The molecule has 0 saturated carbocycles. The van der Waals surface area contributed by atoms with Crippen LogP contribution in [0.25, 0.3) is 0 Å². The highest BCUT2D eigenvalue weighted by atomic mass is 35.6. The highest BCUT2D eigenvalue weighted by Crippen LogP contribution is 2.48. The second kappa shape index (κ2) is 8.55. The number of carbonyl (C=O) groups is 1. The molecule has 23 heavy (non-hydrogen) atoms. The molecular weight excluding hydrogens is 396 g/mol. The molecule has 0 radical (unpaired) electrons. The predicted molar refractivity (Wildman–Crippen MR) is 90.1 cm³/mol. The number of halogens is 6. The number of alkyl halides is 6. The van der Waals surface area contributed by atoms with Crippen molar-refractivity contribution in [3.63, 3.8) is 0 Å². The van der Waals surface area contributed by atoms with Crippen molar-refractivity contribution < 1.29 is 18.0 Å². The highest BCUT2D eigenvalue weighted by Gasteiger charge is 2.44. The van der Waals surface area contributed by atoms with E-state index >= 15 is 0 Å². The summed E-state index contributed by atoms with van der Waals surface area (Å²) in [5.41, 5.74) is -0.548. The summed E-state index contributed by atoms with van der Waals surface area (Å²) in [5.74, 6) is -0.617. The minimum Gasteiger partial charge on any atom is -0.352 e. The van der Waals surface area contributed by atoms with Gasteiger partial charge in [0, 0.05) is 18.5 Å². The van der Waals surface area contributed by atoms with Crippen molar-refractivity contribution in [2.75, 3.05) is 10.8 Å². The molecule has 1 rings (SSSR count). The molecule has 130 valence electrons. The van der Waals surface area contributed by atoms with Crippen LogP contribution in [0.4, 0.5) is 18.9 Å². The monoisotopic (exact) mass is 408 g/mol. The Kier molecular flexibility index (Phi) is 7.64. The third kappa shape index (κ3) is 6.87. The number of carbonyl (C=O) groups excluding carboxylic acids is 1. The number of benzene rings is 1. The Morgan fingerprint density at radius 3 is 2.39 bits per heavy atom. The van der Waals surface area contributed by atoms with Crippen LogP contribution in [0.3, 0.4) is 0 Å². The Morgan fingerprint density at radius 2 is 1.87 bits per heavy atom. The molecule has 0 unspecified atom stereocenters. The van der Waals surface area contributed by atoms with Gasteiger partial charge >= 0.3 is 6.30 Å². The molecule has 1 amide bonds. The average Bonchev–Trinajstić information content (AvgIpc) is 2.43. The summed E-state index contributed by atoms with van der Waals surface area (Å²) >= 11 is 16.4. The van der Waals surface area contributed by atoms with Gasteiger partial charge in [0.15, 0.2) is 0 Å². The Morgan fingerprint density at radius 1 is 1.26 bits per heavy atom. The SMILES string of the molecule is CCCCNC(=O)c1ccccc1N(SC(Cl)(Cl)Cl)C(F)(F)F. The van der Waals surface area contributed by atoms with Crippen LogP contribution in [0.2, 0.25) is 0 Å². The van der Waals surface area contributed by atoms with Gasteiger partial charge < -0.3 is 5.32 Å². The summed E-state index contributed by atoms with van der Waals surface area (Å²) in [6.45, 7) is 2.30. The number of para-hydroxylation sites is 1. The average molecular weight is 410 g/mol. The Labute approximate surface area is 151 Å². The normalized spacial score (nSPS) is 12.1. The lowest BCUT2D eigenvalue weighted by Crippen LogP contribution is -2.36. The number of nitrogens with zero attached hydrogens (tertiary/aromatic N) is 1. The summed E-state index contributed by atoms with van der Waals surface area (Å²) in [7, 11) is 0. The van der Waals surface area contributed by atoms with E-state index in [9.17, 15) is 18.0 Å². The van der Waals surface area contributed by atoms with Crippen molar-refractivity contribution >= 4 is 58.3 Å². The van der Waals surface area contributed by atoms with Crippen LogP contribution < -0.4 is 9.62 Å². The number of unbranched alkanes of at least 4 members (excludes halogenated alkanes) is 1. The number of hydrogen-bond donors (Lipinski definition) is 1. The van der Waals surface area contributed by atoms with Crippen LogP contribution in [-0.4, -0.2) is 21.9 Å². The zero-order valence-electron chi connectivity index (χ0n) is 12.0. The van der Waals surface area contributed by atoms with Gasteiger partial charge in [0.1, 0.15) is 0 Å². The van der Waals surface area contributed by atoms with E-state index in [1.54, 1.807) is 0 Å². The minimum absolute atomic E-state index is 0.0535. The summed E-state index contributed by atoms with van der Waals surface area (Å²) in [4.78, 5) is 12.1. The fraction of sp³-hybridized carbons (Fsp3) is 0.462. The molecular formula is C13H14Cl3F3N2OS. The zero-order valence-corrected chi connectivity index (χ0v) is 15.0. The van der Waals surface area contributed by atoms with Gasteiger partial charge in [0.05, 0.1) is 11.3 Å². The number of anilines is 1. The molecule has 0 aromatic heterocycles. The summed E-state index contributed by atoms with van der Waals surface area (Å²) < 4.78 is 37.5. The lowest BCUT2D eigenvalue weighted by atomic mass is 10.1. The molecule has 10 heteroatoms. The van der Waals surface area contributed by atoms with E-state index in [4.69, 9.17) is 34.8 Å². The van der Waals surface area contributed by atoms with Crippen LogP contribution in [0.5, 0.6) is 0 Å². The van der Waals surface area contributed by atoms with E-state index in [2.05, 4.69) is 5.32 Å². The molecule has 0 aliphatic rings. The highest BCUT2D eigenvalue weighted by molar-refractivity contribution is 8.06. The fourth-order valence-electron chi connectivity index (χ4n) is 1.66. The van der Waals surface area contributed by atoms with Crippen molar-refractivity contribution in [1.82, 2.24) is 5.32 Å². The molecule has 0 spiro atoms. The molecule has 0 aliphatic carbocycles. The van der Waals surface area contributed by atoms with E-state index in [1.165, 1.54) is 18.2 Å². The standard InChI is InChI=1S/C13H14Cl3F3N2OS/c1-2-3-8-20-11(22)9-6-4-5-7-10(9)21(13(17,18)19)23-12(14,15)16/h4-7H,2-3,8H2,1H3,(H,20,22). The quantitative estimate of drug-likeness (QED) is 0.291. The molecule has 0 fully saturated rings. The smallest absolute Gasteiger partial charge is 0.352 e. The Bertz CT molecular complexity index is 538. The van der Waals surface area contributed by atoms with Gasteiger partial charge in [-0.3, -0.25) is 4.79 Å². The van der Waals surface area contributed by atoms with Crippen molar-refractivity contribution in [2.24, 2.45) is 0 Å². The maximum Gasteiger partial charge on any atom is 0.494 e. The van der Waals surface area contributed by atoms with E-state index in [1.807, 2.05) is 6.92 Å². The van der Waals surface area contributed by atoms with Crippen LogP contribution in [0.1, 0.15) is 30.1 Å². The largest absolute Gasteiger partial charge is 0.494 e. The summed E-state index contributed by atoms with van der Waals surface area (Å²) in [6.07, 6.45) is -3.27. The van der Waals surface area contributed by atoms with Gasteiger partial charge in [-0.1, -0.05) is 60.3 Å². The maximum atomic E-state index is 13.3. The first-order valence-corrected chi connectivity index (χ1v) is 8.47. The number of rotatable bonds is 6. The maximum absolute atomic E-state index is 13.3. The van der Waals surface area contributed by atoms with Gasteiger partial charge in [-0.2, -0.15) is 0 Å². The van der Waals surface area contributed by atoms with Gasteiger partial charge in [0.25, 0.3) is 9.03 Å². The van der Waals surface area contributed by atoms with Gasteiger partial charge in [0.2, 0.25) is 0 Å². The first-order valence-electron chi connectivity index (χ1n) is 6.56. The second-order valence-corrected chi connectivity index (χ2v) is 8.54. The topological polar surface area (TPSA) is 32.3 Å². The van der Waals surface area contributed by atoms with Gasteiger partial charge in [-0.15, -0.1) is 13.2 Å². The van der Waals surface area contributed by atoms with Crippen molar-refractivity contribution in [2.45, 2.75) is 29.2 Å². The van der Waals surface area contributed by atoms with Crippen LogP contribution >= 0.6 is 46.8 Å². The lowest BCUT2D eigenvalue weighted by molar-refractivity contribution is -0.114. The number of hydrogen-bond acceptors (Lipinski definition) is 3. The molecule has 1 aromatic rings. The second-order valence-electron chi connectivity index (χ2n) is 4.43. The molecule has 0 saturated heterocycles. The number of nitrogens with one attached hydrogen (secondary N) is 1. The zero-order chi connectivity index (χ0) is 17.7.